The van der Waals surface area contributed by atoms with Crippen LogP contribution in [0.2, 0.25) is 0 Å². The Morgan fingerprint density at radius 2 is 1.39 bits per heavy atom. The Balaban J connectivity index is 1.42. The maximum Gasteiger partial charge on any atom is 0.409 e. The van der Waals surface area contributed by atoms with Crippen molar-refractivity contribution in [3.05, 3.63) is 95.1 Å². The van der Waals surface area contributed by atoms with Gasteiger partial charge in [-0.25, -0.2) is 13.6 Å². The molecule has 1 fully saturated rings. The average molecular weight is 501 g/mol. The molecule has 0 heterocycles. The van der Waals surface area contributed by atoms with Gasteiger partial charge in [-0.1, -0.05) is 56.2 Å². The summed E-state index contributed by atoms with van der Waals surface area (Å²) in [6.07, 6.45) is 0.219. The van der Waals surface area contributed by atoms with Crippen LogP contribution in [0.15, 0.2) is 66.7 Å². The summed E-state index contributed by atoms with van der Waals surface area (Å²) in [6, 6.07) is 16.3. The zero-order valence-electron chi connectivity index (χ0n) is 19.6. The van der Waals surface area contributed by atoms with Crippen molar-refractivity contribution in [2.24, 2.45) is 5.92 Å². The Kier molecular flexibility index (Phi) is 7.57. The molecule has 0 unspecified atom stereocenters. The molecular formula is C29H25F5O2. The summed E-state index contributed by atoms with van der Waals surface area (Å²) in [4.78, 5) is 12.4. The molecule has 0 aliphatic heterocycles. The van der Waals surface area contributed by atoms with Crippen LogP contribution in [0.3, 0.4) is 0 Å². The number of carbonyl (C=O) groups excluding carboxylic acids is 1. The normalized spacial score (nSPS) is 18.4. The largest absolute Gasteiger partial charge is 0.423 e. The van der Waals surface area contributed by atoms with Gasteiger partial charge in [0.05, 0.1) is 5.56 Å². The first-order valence-electron chi connectivity index (χ1n) is 11.8. The lowest BCUT2D eigenvalue weighted by Gasteiger charge is -2.26. The first-order chi connectivity index (χ1) is 17.1. The lowest BCUT2D eigenvalue weighted by Crippen LogP contribution is -2.10. The third-order valence-electron chi connectivity index (χ3n) is 6.55. The lowest BCUT2D eigenvalue weighted by atomic mass is 9.79. The van der Waals surface area contributed by atoms with Crippen LogP contribution < -0.4 is 4.74 Å². The zero-order chi connectivity index (χ0) is 25.9. The summed E-state index contributed by atoms with van der Waals surface area (Å²) in [5.41, 5.74) is 2.52. The van der Waals surface area contributed by atoms with Crippen molar-refractivity contribution >= 4 is 12.0 Å². The number of esters is 1. The number of ether oxygens (including phenoxy) is 1. The number of hydrogen-bond donors (Lipinski definition) is 0. The molecule has 188 valence electrons. The smallest absolute Gasteiger partial charge is 0.409 e. The van der Waals surface area contributed by atoms with Crippen molar-refractivity contribution in [1.82, 2.24) is 0 Å². The molecule has 0 atom stereocenters. The zero-order valence-corrected chi connectivity index (χ0v) is 19.6. The molecule has 0 N–H and O–H groups in total. The molecule has 3 aromatic carbocycles. The quantitative estimate of drug-likeness (QED) is 0.199. The van der Waals surface area contributed by atoms with E-state index in [1.807, 2.05) is 0 Å². The second kappa shape index (κ2) is 10.6. The van der Waals surface area contributed by atoms with E-state index in [0.29, 0.717) is 18.1 Å². The van der Waals surface area contributed by atoms with E-state index in [1.165, 1.54) is 31.2 Å². The maximum atomic E-state index is 14.1. The molecular weight excluding hydrogens is 475 g/mol. The fraction of sp³-hybridized carbons (Fsp3) is 0.276. The van der Waals surface area contributed by atoms with Gasteiger partial charge in [-0.05, 0) is 59.6 Å². The van der Waals surface area contributed by atoms with Gasteiger partial charge in [0.15, 0.2) is 0 Å². The minimum Gasteiger partial charge on any atom is -0.423 e. The highest BCUT2D eigenvalue weighted by atomic mass is 19.4. The topological polar surface area (TPSA) is 26.3 Å². The fourth-order valence-corrected chi connectivity index (χ4v) is 4.46. The third-order valence-corrected chi connectivity index (χ3v) is 6.55. The molecule has 0 radical (unpaired) electrons. The van der Waals surface area contributed by atoms with Crippen molar-refractivity contribution in [2.45, 2.75) is 44.7 Å². The molecule has 7 heteroatoms. The van der Waals surface area contributed by atoms with Crippen molar-refractivity contribution in [2.75, 3.05) is 0 Å². The Bertz CT molecular complexity index is 1210. The third kappa shape index (κ3) is 6.39. The summed E-state index contributed by atoms with van der Waals surface area (Å²) < 4.78 is 70.1. The molecule has 0 aromatic heterocycles. The summed E-state index contributed by atoms with van der Waals surface area (Å²) >= 11 is 0. The Labute approximate surface area is 206 Å². The maximum absolute atomic E-state index is 14.1. The van der Waals surface area contributed by atoms with E-state index in [4.69, 9.17) is 4.74 Å². The standard InChI is InChI=1S/C29H25F5O2/c1-18-2-4-19(5-3-18)20-6-8-21(9-7-20)22-10-12-23(13-11-22)28(35)36-24-16-26(30)25(27(31)17-24)14-15-29(32,33)34/h6-19H,2-5H2,1H3. The molecule has 0 saturated heterocycles. The Hall–Kier alpha value is -3.48. The summed E-state index contributed by atoms with van der Waals surface area (Å²) in [6.45, 7) is 2.30. The van der Waals surface area contributed by atoms with E-state index in [9.17, 15) is 26.7 Å². The van der Waals surface area contributed by atoms with Gasteiger partial charge in [0, 0.05) is 23.8 Å². The highest BCUT2D eigenvalue weighted by Crippen LogP contribution is 2.36. The van der Waals surface area contributed by atoms with E-state index >= 15 is 0 Å². The Morgan fingerprint density at radius 1 is 0.861 bits per heavy atom. The lowest BCUT2D eigenvalue weighted by molar-refractivity contribution is -0.0790. The number of benzene rings is 3. The first-order valence-corrected chi connectivity index (χ1v) is 11.8. The molecule has 36 heavy (non-hydrogen) atoms. The molecule has 1 aliphatic carbocycles. The van der Waals surface area contributed by atoms with Crippen LogP contribution in [0.25, 0.3) is 17.2 Å². The van der Waals surface area contributed by atoms with Crippen LogP contribution in [0.5, 0.6) is 5.75 Å². The van der Waals surface area contributed by atoms with Gasteiger partial charge in [0.25, 0.3) is 0 Å². The molecule has 1 aliphatic rings. The van der Waals surface area contributed by atoms with E-state index in [-0.39, 0.29) is 17.7 Å². The number of allylic oxidation sites excluding steroid dienone is 1. The van der Waals surface area contributed by atoms with Gasteiger partial charge < -0.3 is 4.74 Å². The molecule has 1 saturated carbocycles. The molecule has 2 nitrogen and oxygen atoms in total. The van der Waals surface area contributed by atoms with Gasteiger partial charge >= 0.3 is 12.1 Å². The van der Waals surface area contributed by atoms with Crippen molar-refractivity contribution in [3.63, 3.8) is 0 Å². The van der Waals surface area contributed by atoms with Gasteiger partial charge in [-0.3, -0.25) is 0 Å². The second-order valence-corrected chi connectivity index (χ2v) is 9.22. The van der Waals surface area contributed by atoms with Crippen LogP contribution in [0.4, 0.5) is 22.0 Å². The van der Waals surface area contributed by atoms with Gasteiger partial charge in [0.1, 0.15) is 17.4 Å². The predicted octanol–water partition coefficient (Wildman–Crippen LogP) is 8.72. The van der Waals surface area contributed by atoms with Crippen LogP contribution in [0.1, 0.15) is 60.0 Å². The highest BCUT2D eigenvalue weighted by Gasteiger charge is 2.23. The minimum atomic E-state index is -4.72. The number of rotatable bonds is 5. The molecule has 3 aromatic rings. The second-order valence-electron chi connectivity index (χ2n) is 9.22. The van der Waals surface area contributed by atoms with Crippen LogP contribution in [-0.4, -0.2) is 12.1 Å². The minimum absolute atomic E-state index is 0.161. The number of hydrogen-bond acceptors (Lipinski definition) is 2. The van der Waals surface area contributed by atoms with Crippen LogP contribution in [-0.2, 0) is 0 Å². The van der Waals surface area contributed by atoms with Crippen molar-refractivity contribution in [3.8, 4) is 16.9 Å². The first kappa shape index (κ1) is 25.6. The predicted molar refractivity (Wildman–Crippen MR) is 129 cm³/mol. The highest BCUT2D eigenvalue weighted by molar-refractivity contribution is 5.91. The monoisotopic (exact) mass is 500 g/mol. The average Bonchev–Trinajstić information content (AvgIpc) is 2.83. The van der Waals surface area contributed by atoms with E-state index in [2.05, 4.69) is 31.2 Å². The van der Waals surface area contributed by atoms with Gasteiger partial charge in [-0.15, -0.1) is 0 Å². The van der Waals surface area contributed by atoms with Gasteiger partial charge in [-0.2, -0.15) is 13.2 Å². The van der Waals surface area contributed by atoms with Gasteiger partial charge in [0.2, 0.25) is 0 Å². The number of halogens is 5. The summed E-state index contributed by atoms with van der Waals surface area (Å²) in [5, 5.41) is 0. The number of carbonyl (C=O) groups is 1. The fourth-order valence-electron chi connectivity index (χ4n) is 4.46. The van der Waals surface area contributed by atoms with Crippen molar-refractivity contribution in [1.29, 1.82) is 0 Å². The summed E-state index contributed by atoms with van der Waals surface area (Å²) in [5.74, 6) is -2.46. The molecule has 0 bridgehead atoms. The Morgan fingerprint density at radius 3 is 1.92 bits per heavy atom. The van der Waals surface area contributed by atoms with E-state index in [0.717, 1.165) is 17.0 Å². The van der Waals surface area contributed by atoms with Crippen LogP contribution in [0, 0.1) is 17.6 Å². The van der Waals surface area contributed by atoms with Crippen LogP contribution >= 0.6 is 0 Å². The molecule has 0 spiro atoms. The number of alkyl halides is 3. The molecule has 0 amide bonds. The molecule has 4 rings (SSSR count). The van der Waals surface area contributed by atoms with Crippen molar-refractivity contribution < 1.29 is 31.5 Å². The van der Waals surface area contributed by atoms with E-state index < -0.39 is 35.1 Å². The SMILES string of the molecule is CC1CCC(c2ccc(-c3ccc(C(=O)Oc4cc(F)c(C=CC(F)(F)F)c(F)c4)cc3)cc2)CC1. The summed E-state index contributed by atoms with van der Waals surface area (Å²) in [7, 11) is 0. The van der Waals surface area contributed by atoms with E-state index in [1.54, 1.807) is 24.3 Å².